The van der Waals surface area contributed by atoms with Gasteiger partial charge in [0.1, 0.15) is 5.75 Å². The number of hydrogen-bond acceptors (Lipinski definition) is 5. The van der Waals surface area contributed by atoms with E-state index < -0.39 is 5.97 Å². The van der Waals surface area contributed by atoms with Crippen LogP contribution in [0.4, 0.5) is 5.69 Å². The van der Waals surface area contributed by atoms with Crippen molar-refractivity contribution in [3.8, 4) is 5.75 Å². The van der Waals surface area contributed by atoms with Crippen molar-refractivity contribution in [3.05, 3.63) is 64.8 Å². The van der Waals surface area contributed by atoms with E-state index in [-0.39, 0.29) is 18.9 Å². The van der Waals surface area contributed by atoms with Crippen molar-refractivity contribution in [2.45, 2.75) is 27.2 Å². The van der Waals surface area contributed by atoms with E-state index in [4.69, 9.17) is 4.74 Å². The number of nitrogens with zero attached hydrogens (tertiary/aromatic N) is 1. The molecule has 6 heteroatoms. The summed E-state index contributed by atoms with van der Waals surface area (Å²) in [5, 5.41) is 4.01. The molecular formula is C23H24N2O4. The third-order valence-corrected chi connectivity index (χ3v) is 4.88. The van der Waals surface area contributed by atoms with E-state index in [1.807, 2.05) is 45.0 Å². The molecule has 1 amide bonds. The minimum absolute atomic E-state index is 0.111. The monoisotopic (exact) mass is 392 g/mol. The first-order chi connectivity index (χ1) is 13.9. The van der Waals surface area contributed by atoms with Crippen LogP contribution in [0.2, 0.25) is 0 Å². The molecule has 0 saturated heterocycles. The fourth-order valence-electron chi connectivity index (χ4n) is 3.25. The minimum atomic E-state index is -0.449. The third kappa shape index (κ3) is 4.71. The number of hydrogen-bond donors (Lipinski definition) is 1. The third-order valence-electron chi connectivity index (χ3n) is 4.88. The number of aromatic nitrogens is 1. The van der Waals surface area contributed by atoms with E-state index >= 15 is 0 Å². The zero-order chi connectivity index (χ0) is 21.0. The van der Waals surface area contributed by atoms with Crippen molar-refractivity contribution in [3.63, 3.8) is 0 Å². The Morgan fingerprint density at radius 1 is 1.07 bits per heavy atom. The smallest absolute Gasteiger partial charge is 0.343 e. The van der Waals surface area contributed by atoms with Gasteiger partial charge in [-0.1, -0.05) is 18.2 Å². The molecule has 2 aromatic carbocycles. The number of fused-ring (bicyclic) bond motifs is 1. The van der Waals surface area contributed by atoms with Gasteiger partial charge in [-0.25, -0.2) is 4.79 Å². The summed E-state index contributed by atoms with van der Waals surface area (Å²) in [6.45, 7) is 5.67. The number of carbonyl (C=O) groups excluding carboxylic acids is 2. The summed E-state index contributed by atoms with van der Waals surface area (Å²) in [5.41, 5.74) is 5.35. The number of para-hydroxylation sites is 1. The number of carbonyl (C=O) groups is 2. The van der Waals surface area contributed by atoms with Crippen molar-refractivity contribution in [1.29, 1.82) is 0 Å². The number of ether oxygens (including phenoxy) is 2. The first-order valence-corrected chi connectivity index (χ1v) is 9.34. The first kappa shape index (κ1) is 20.3. The maximum Gasteiger partial charge on any atom is 0.343 e. The second-order valence-electron chi connectivity index (χ2n) is 6.88. The van der Waals surface area contributed by atoms with E-state index in [0.29, 0.717) is 11.4 Å². The number of methoxy groups -OCH3 is 1. The van der Waals surface area contributed by atoms with Gasteiger partial charge in [0.15, 0.2) is 6.61 Å². The van der Waals surface area contributed by atoms with Gasteiger partial charge in [0.05, 0.1) is 19.0 Å². The molecule has 1 N–H and O–H groups in total. The van der Waals surface area contributed by atoms with Crippen LogP contribution in [0.1, 0.15) is 22.4 Å². The Hall–Kier alpha value is -3.41. The van der Waals surface area contributed by atoms with Crippen molar-refractivity contribution in [2.24, 2.45) is 0 Å². The van der Waals surface area contributed by atoms with E-state index in [0.717, 1.165) is 33.3 Å². The van der Waals surface area contributed by atoms with E-state index in [2.05, 4.69) is 15.0 Å². The highest BCUT2D eigenvalue weighted by atomic mass is 16.6. The fraction of sp³-hybridized carbons (Fsp3) is 0.261. The lowest BCUT2D eigenvalue weighted by Crippen LogP contribution is -2.17. The summed E-state index contributed by atoms with van der Waals surface area (Å²) < 4.78 is 9.93. The number of rotatable bonds is 6. The SMILES string of the molecule is COC(=O)COc1ccc(NC(=O)Cc2c(C)nc3ccccc3c2C)c(C)c1. The summed E-state index contributed by atoms with van der Waals surface area (Å²) in [4.78, 5) is 28.5. The maximum atomic E-state index is 12.7. The zero-order valence-electron chi connectivity index (χ0n) is 17.0. The molecular weight excluding hydrogens is 368 g/mol. The second kappa shape index (κ2) is 8.73. The maximum absolute atomic E-state index is 12.7. The molecule has 1 heterocycles. The molecule has 0 unspecified atom stereocenters. The van der Waals surface area contributed by atoms with Crippen molar-refractivity contribution in [1.82, 2.24) is 4.98 Å². The number of benzene rings is 2. The number of aryl methyl sites for hydroxylation is 3. The van der Waals surface area contributed by atoms with Crippen molar-refractivity contribution < 1.29 is 19.1 Å². The molecule has 3 aromatic rings. The lowest BCUT2D eigenvalue weighted by molar-refractivity contribution is -0.142. The van der Waals surface area contributed by atoms with Gasteiger partial charge >= 0.3 is 5.97 Å². The Morgan fingerprint density at radius 3 is 2.55 bits per heavy atom. The minimum Gasteiger partial charge on any atom is -0.482 e. The van der Waals surface area contributed by atoms with Gasteiger partial charge in [0.25, 0.3) is 0 Å². The Balaban J connectivity index is 1.73. The van der Waals surface area contributed by atoms with E-state index in [1.54, 1.807) is 18.2 Å². The lowest BCUT2D eigenvalue weighted by atomic mass is 9.99. The fourth-order valence-corrected chi connectivity index (χ4v) is 3.25. The van der Waals surface area contributed by atoms with E-state index in [1.165, 1.54) is 7.11 Å². The van der Waals surface area contributed by atoms with Gasteiger partial charge < -0.3 is 14.8 Å². The highest BCUT2D eigenvalue weighted by Crippen LogP contribution is 2.25. The predicted molar refractivity (Wildman–Crippen MR) is 112 cm³/mol. The molecule has 3 rings (SSSR count). The number of anilines is 1. The van der Waals surface area contributed by atoms with Crippen LogP contribution >= 0.6 is 0 Å². The molecule has 0 fully saturated rings. The molecule has 0 aliphatic carbocycles. The molecule has 150 valence electrons. The standard InChI is InChI=1S/C23H24N2O4/c1-14-11-17(29-13-23(27)28-4)9-10-20(14)25-22(26)12-19-15(2)18-7-5-6-8-21(18)24-16(19)3/h5-11H,12-13H2,1-4H3,(H,25,26). The Kier molecular flexibility index (Phi) is 6.12. The first-order valence-electron chi connectivity index (χ1n) is 9.34. The Morgan fingerprint density at radius 2 is 1.83 bits per heavy atom. The summed E-state index contributed by atoms with van der Waals surface area (Å²) in [6.07, 6.45) is 0.246. The van der Waals surface area contributed by atoms with Crippen molar-refractivity contribution in [2.75, 3.05) is 19.0 Å². The number of pyridine rings is 1. The molecule has 0 bridgehead atoms. The van der Waals surface area contributed by atoms with Crippen LogP contribution in [-0.4, -0.2) is 30.6 Å². The van der Waals surface area contributed by atoms with Crippen LogP contribution in [0.15, 0.2) is 42.5 Å². The molecule has 0 aliphatic rings. The number of esters is 1. The van der Waals surface area contributed by atoms with Gasteiger partial charge in [-0.2, -0.15) is 0 Å². The average Bonchev–Trinajstić information content (AvgIpc) is 2.71. The van der Waals surface area contributed by atoms with Crippen LogP contribution < -0.4 is 10.1 Å². The lowest BCUT2D eigenvalue weighted by Gasteiger charge is -2.14. The van der Waals surface area contributed by atoms with Crippen LogP contribution in [0.3, 0.4) is 0 Å². The second-order valence-corrected chi connectivity index (χ2v) is 6.88. The van der Waals surface area contributed by atoms with Crippen LogP contribution in [0.25, 0.3) is 10.9 Å². The number of amides is 1. The molecule has 0 aliphatic heterocycles. The van der Waals surface area contributed by atoms with E-state index in [9.17, 15) is 9.59 Å². The summed E-state index contributed by atoms with van der Waals surface area (Å²) in [5.74, 6) is -0.0225. The Labute approximate surface area is 169 Å². The number of nitrogens with one attached hydrogen (secondary N) is 1. The predicted octanol–water partition coefficient (Wildman–Crippen LogP) is 3.89. The zero-order valence-corrected chi connectivity index (χ0v) is 17.0. The van der Waals surface area contributed by atoms with Crippen molar-refractivity contribution >= 4 is 28.5 Å². The summed E-state index contributed by atoms with van der Waals surface area (Å²) >= 11 is 0. The largest absolute Gasteiger partial charge is 0.482 e. The van der Waals surface area contributed by atoms with Crippen LogP contribution in [0, 0.1) is 20.8 Å². The normalized spacial score (nSPS) is 10.6. The highest BCUT2D eigenvalue weighted by molar-refractivity contribution is 5.94. The Bertz CT molecular complexity index is 1080. The summed E-state index contributed by atoms with van der Waals surface area (Å²) in [6, 6.07) is 13.2. The molecule has 1 aromatic heterocycles. The van der Waals surface area contributed by atoms with Crippen LogP contribution in [-0.2, 0) is 20.7 Å². The van der Waals surface area contributed by atoms with Gasteiger partial charge in [0, 0.05) is 16.8 Å². The molecule has 29 heavy (non-hydrogen) atoms. The quantitative estimate of drug-likeness (QED) is 0.644. The molecule has 6 nitrogen and oxygen atoms in total. The molecule has 0 saturated carbocycles. The summed E-state index contributed by atoms with van der Waals surface area (Å²) in [7, 11) is 1.31. The van der Waals surface area contributed by atoms with Crippen LogP contribution in [0.5, 0.6) is 5.75 Å². The van der Waals surface area contributed by atoms with Gasteiger partial charge in [-0.3, -0.25) is 9.78 Å². The highest BCUT2D eigenvalue weighted by Gasteiger charge is 2.14. The van der Waals surface area contributed by atoms with Gasteiger partial charge in [-0.15, -0.1) is 0 Å². The van der Waals surface area contributed by atoms with Gasteiger partial charge in [0.2, 0.25) is 5.91 Å². The topological polar surface area (TPSA) is 77.5 Å². The molecule has 0 atom stereocenters. The molecule has 0 spiro atoms. The average molecular weight is 392 g/mol. The molecule has 0 radical (unpaired) electrons. The van der Waals surface area contributed by atoms with Gasteiger partial charge in [-0.05, 0) is 61.7 Å².